The summed E-state index contributed by atoms with van der Waals surface area (Å²) in [7, 11) is -4.22. The average molecular weight is 509 g/mol. The first kappa shape index (κ1) is 23.4. The second-order valence-corrected chi connectivity index (χ2v) is 10.2. The number of carbonyl (C=O) groups excluding carboxylic acids is 4. The summed E-state index contributed by atoms with van der Waals surface area (Å²) < 4.78 is 33.1. The van der Waals surface area contributed by atoms with E-state index in [-0.39, 0.29) is 34.6 Å². The molecular weight excluding hydrogens is 488 g/mol. The Kier molecular flexibility index (Phi) is 5.47. The third-order valence-corrected chi connectivity index (χ3v) is 7.75. The van der Waals surface area contributed by atoms with Crippen molar-refractivity contribution in [2.24, 2.45) is 0 Å². The zero-order valence-electron chi connectivity index (χ0n) is 19.3. The number of hydrogen-bond acceptors (Lipinski definition) is 8. The maximum Gasteiger partial charge on any atom is 0.302 e. The number of nitrogens with one attached hydrogen (secondary N) is 1. The van der Waals surface area contributed by atoms with Crippen LogP contribution in [0, 0.1) is 6.92 Å². The van der Waals surface area contributed by atoms with Crippen LogP contribution in [0.2, 0.25) is 0 Å². The highest BCUT2D eigenvalue weighted by Gasteiger charge is 2.40. The Hall–Kier alpha value is -4.32. The molecule has 12 heteroatoms. The van der Waals surface area contributed by atoms with E-state index in [1.165, 1.54) is 25.1 Å². The van der Waals surface area contributed by atoms with Crippen molar-refractivity contribution in [3.63, 3.8) is 0 Å². The number of rotatable bonds is 5. The Morgan fingerprint density at radius 3 is 2.56 bits per heavy atom. The van der Waals surface area contributed by atoms with Crippen molar-refractivity contribution in [2.75, 3.05) is 29.3 Å². The van der Waals surface area contributed by atoms with Gasteiger partial charge in [-0.2, -0.15) is 0 Å². The molecule has 0 fully saturated rings. The maximum absolute atomic E-state index is 13.6. The molecule has 2 aromatic carbocycles. The third kappa shape index (κ3) is 3.66. The van der Waals surface area contributed by atoms with Crippen LogP contribution in [0.15, 0.2) is 47.4 Å². The molecule has 36 heavy (non-hydrogen) atoms. The van der Waals surface area contributed by atoms with Crippen LogP contribution in [-0.4, -0.2) is 61.7 Å². The lowest BCUT2D eigenvalue weighted by atomic mass is 10.0. The number of anilines is 2. The van der Waals surface area contributed by atoms with E-state index in [0.29, 0.717) is 22.6 Å². The summed E-state index contributed by atoms with van der Waals surface area (Å²) in [6, 6.07) is 10.6. The van der Waals surface area contributed by atoms with Crippen LogP contribution in [0.1, 0.15) is 33.3 Å². The largest absolute Gasteiger partial charge is 0.464 e. The summed E-state index contributed by atoms with van der Waals surface area (Å²) in [5.74, 6) is -2.25. The van der Waals surface area contributed by atoms with Gasteiger partial charge in [-0.25, -0.2) is 8.42 Å². The van der Waals surface area contributed by atoms with Crippen molar-refractivity contribution >= 4 is 56.0 Å². The van der Waals surface area contributed by atoms with E-state index in [0.717, 1.165) is 9.21 Å². The Balaban J connectivity index is 1.61. The molecule has 0 saturated carbocycles. The molecule has 0 aliphatic carbocycles. The lowest BCUT2D eigenvalue weighted by Gasteiger charge is -2.30. The fraction of sp³-hybridized carbons (Fsp3) is 0.208. The van der Waals surface area contributed by atoms with Gasteiger partial charge in [0, 0.05) is 12.3 Å². The van der Waals surface area contributed by atoms with Gasteiger partial charge >= 0.3 is 5.97 Å². The highest BCUT2D eigenvalue weighted by molar-refractivity contribution is 7.93. The van der Waals surface area contributed by atoms with Gasteiger partial charge in [0.2, 0.25) is 5.91 Å². The van der Waals surface area contributed by atoms with Gasteiger partial charge in [0.25, 0.3) is 21.8 Å². The zero-order chi connectivity index (χ0) is 25.8. The minimum absolute atomic E-state index is 0.0409. The number of amides is 3. The molecule has 0 radical (unpaired) electrons. The van der Waals surface area contributed by atoms with Crippen molar-refractivity contribution in [2.45, 2.75) is 18.7 Å². The summed E-state index contributed by atoms with van der Waals surface area (Å²) in [5.41, 5.74) is 1.45. The molecule has 2 aliphatic rings. The van der Waals surface area contributed by atoms with Crippen molar-refractivity contribution < 1.29 is 32.3 Å². The molecule has 0 unspecified atom stereocenters. The number of nitrogens with zero attached hydrogens (tertiary/aromatic N) is 3. The Labute approximate surface area is 205 Å². The van der Waals surface area contributed by atoms with Gasteiger partial charge in [0.15, 0.2) is 0 Å². The standard InChI is InChI=1S/C24H20N4O7S/c1-13-21-22(24(32)27(23(21)31)9-10-35-14(2)29)16-11-15(7-8-17(16)25-13)36(33,34)28-12-20(30)26-18-5-3-4-6-19(18)28/h3-8,11H,9-10,12H2,1-2H3,(H,26,30). The summed E-state index contributed by atoms with van der Waals surface area (Å²) in [6.07, 6.45) is 0. The lowest BCUT2D eigenvalue weighted by Crippen LogP contribution is -2.42. The van der Waals surface area contributed by atoms with E-state index in [4.69, 9.17) is 4.74 Å². The van der Waals surface area contributed by atoms with Crippen LogP contribution >= 0.6 is 0 Å². The van der Waals surface area contributed by atoms with E-state index in [2.05, 4.69) is 10.3 Å². The smallest absolute Gasteiger partial charge is 0.302 e. The number of benzene rings is 2. The third-order valence-electron chi connectivity index (χ3n) is 6.00. The Bertz CT molecular complexity index is 1600. The van der Waals surface area contributed by atoms with Crippen LogP contribution in [0.5, 0.6) is 0 Å². The first-order valence-electron chi connectivity index (χ1n) is 10.9. The van der Waals surface area contributed by atoms with Gasteiger partial charge in [-0.05, 0) is 37.3 Å². The fourth-order valence-electron chi connectivity index (χ4n) is 4.40. The fourth-order valence-corrected chi connectivity index (χ4v) is 5.87. The molecule has 184 valence electrons. The van der Waals surface area contributed by atoms with Gasteiger partial charge in [-0.15, -0.1) is 0 Å². The summed E-state index contributed by atoms with van der Waals surface area (Å²) in [4.78, 5) is 54.7. The van der Waals surface area contributed by atoms with Gasteiger partial charge in [-0.1, -0.05) is 12.1 Å². The number of sulfonamides is 1. The quantitative estimate of drug-likeness (QED) is 0.406. The van der Waals surface area contributed by atoms with Crippen LogP contribution in [-0.2, 0) is 24.3 Å². The number of carbonyl (C=O) groups is 4. The summed E-state index contributed by atoms with van der Waals surface area (Å²) in [6.45, 7) is 2.08. The number of fused-ring (bicyclic) bond motifs is 4. The molecule has 0 bridgehead atoms. The lowest BCUT2D eigenvalue weighted by molar-refractivity contribution is -0.141. The number of aryl methyl sites for hydroxylation is 1. The maximum atomic E-state index is 13.6. The van der Waals surface area contributed by atoms with Crippen LogP contribution < -0.4 is 9.62 Å². The molecular formula is C24H20N4O7S. The SMILES string of the molecule is CC(=O)OCCN1C(=O)c2c(C)nc3ccc(S(=O)(=O)N4CC(=O)Nc5ccccc54)cc3c2C1=O. The first-order valence-corrected chi connectivity index (χ1v) is 12.4. The van der Waals surface area contributed by atoms with Crippen LogP contribution in [0.3, 0.4) is 0 Å². The van der Waals surface area contributed by atoms with Gasteiger partial charge in [0.1, 0.15) is 13.2 Å². The van der Waals surface area contributed by atoms with Gasteiger partial charge < -0.3 is 10.1 Å². The Morgan fingerprint density at radius 1 is 1.08 bits per heavy atom. The van der Waals surface area contributed by atoms with E-state index in [9.17, 15) is 27.6 Å². The van der Waals surface area contributed by atoms with Crippen molar-refractivity contribution in [1.82, 2.24) is 9.88 Å². The topological polar surface area (TPSA) is 143 Å². The van der Waals surface area contributed by atoms with Gasteiger partial charge in [0.05, 0.1) is 45.2 Å². The van der Waals surface area contributed by atoms with E-state index >= 15 is 0 Å². The molecule has 1 aromatic heterocycles. The van der Waals surface area contributed by atoms with Crippen LogP contribution in [0.25, 0.3) is 10.9 Å². The summed E-state index contributed by atoms with van der Waals surface area (Å²) >= 11 is 0. The predicted octanol–water partition coefficient (Wildman–Crippen LogP) is 1.85. The van der Waals surface area contributed by atoms with Gasteiger partial charge in [-0.3, -0.25) is 33.4 Å². The molecule has 3 aromatic rings. The Morgan fingerprint density at radius 2 is 1.81 bits per heavy atom. The number of para-hydroxylation sites is 2. The first-order chi connectivity index (χ1) is 17.1. The summed E-state index contributed by atoms with van der Waals surface area (Å²) in [5, 5.41) is 2.84. The highest BCUT2D eigenvalue weighted by atomic mass is 32.2. The molecule has 0 atom stereocenters. The zero-order valence-corrected chi connectivity index (χ0v) is 20.1. The van der Waals surface area contributed by atoms with Crippen molar-refractivity contribution in [1.29, 1.82) is 0 Å². The number of imide groups is 1. The van der Waals surface area contributed by atoms with E-state index in [1.54, 1.807) is 31.2 Å². The van der Waals surface area contributed by atoms with E-state index in [1.807, 2.05) is 0 Å². The molecule has 3 amide bonds. The normalized spacial score (nSPS) is 15.1. The number of ether oxygens (including phenoxy) is 1. The second-order valence-electron chi connectivity index (χ2n) is 8.31. The molecule has 11 nitrogen and oxygen atoms in total. The minimum Gasteiger partial charge on any atom is -0.464 e. The molecule has 1 N–H and O–H groups in total. The predicted molar refractivity (Wildman–Crippen MR) is 128 cm³/mol. The monoisotopic (exact) mass is 508 g/mol. The number of esters is 1. The number of pyridine rings is 1. The van der Waals surface area contributed by atoms with Crippen LogP contribution in [0.4, 0.5) is 11.4 Å². The second kappa shape index (κ2) is 8.41. The minimum atomic E-state index is -4.22. The molecule has 5 rings (SSSR count). The number of hydrogen-bond donors (Lipinski definition) is 1. The van der Waals surface area contributed by atoms with E-state index < -0.39 is 40.3 Å². The molecule has 2 aliphatic heterocycles. The van der Waals surface area contributed by atoms with Crippen molar-refractivity contribution in [3.05, 3.63) is 59.3 Å². The molecule has 0 spiro atoms. The highest BCUT2D eigenvalue weighted by Crippen LogP contribution is 2.36. The average Bonchev–Trinajstić information content (AvgIpc) is 3.09. The molecule has 0 saturated heterocycles. The number of aromatic nitrogens is 1. The molecule has 3 heterocycles. The van der Waals surface area contributed by atoms with Crippen molar-refractivity contribution in [3.8, 4) is 0 Å².